The van der Waals surface area contributed by atoms with Gasteiger partial charge in [-0.15, -0.1) is 0 Å². The highest BCUT2D eigenvalue weighted by atomic mass is 16.7. The lowest BCUT2D eigenvalue weighted by molar-refractivity contribution is -0.226. The molecule has 2 amide bonds. The van der Waals surface area contributed by atoms with Gasteiger partial charge in [0.2, 0.25) is 11.8 Å². The number of ether oxygens (including phenoxy) is 2. The minimum Gasteiger partial charge on any atom is -0.469 e. The van der Waals surface area contributed by atoms with Gasteiger partial charge in [0.05, 0.1) is 37.7 Å². The number of likely N-dealkylation sites (tertiary alicyclic amines) is 1. The molecule has 1 aromatic rings. The number of carbonyl (C=O) groups excluding carboxylic acids is 3. The molecule has 0 aromatic heterocycles. The number of esters is 1. The van der Waals surface area contributed by atoms with E-state index in [4.69, 9.17) is 14.3 Å². The zero-order chi connectivity index (χ0) is 24.1. The Morgan fingerprint density at radius 2 is 1.74 bits per heavy atom. The molecule has 1 spiro atoms. The highest BCUT2D eigenvalue weighted by Gasteiger charge is 2.59. The summed E-state index contributed by atoms with van der Waals surface area (Å²) >= 11 is 0. The second kappa shape index (κ2) is 10.9. The highest BCUT2D eigenvalue weighted by molar-refractivity contribution is 5.89. The standard InChI is InChI=1S/C26H36N2O6/c1-32-16-17-34-28-22(29)18-21(25(31)33-2)26(28)12-14-27(15-13-26)24(30)23(20-10-6-7-11-20)19-8-4-3-5-9-19/h3-5,8-9,20-21,23H,6-7,10-18H2,1-2H3/t21-,23+/m1/s1. The first-order chi connectivity index (χ1) is 16.5. The Labute approximate surface area is 201 Å². The van der Waals surface area contributed by atoms with Gasteiger partial charge in [0.1, 0.15) is 0 Å². The first kappa shape index (κ1) is 24.7. The van der Waals surface area contributed by atoms with E-state index < -0.39 is 17.4 Å². The van der Waals surface area contributed by atoms with E-state index in [2.05, 4.69) is 12.1 Å². The summed E-state index contributed by atoms with van der Waals surface area (Å²) in [4.78, 5) is 47.0. The van der Waals surface area contributed by atoms with Crippen LogP contribution in [0.25, 0.3) is 0 Å². The van der Waals surface area contributed by atoms with Gasteiger partial charge in [0.25, 0.3) is 0 Å². The normalized spacial score (nSPS) is 23.5. The lowest BCUT2D eigenvalue weighted by atomic mass is 9.76. The number of benzene rings is 1. The average Bonchev–Trinajstić information content (AvgIpc) is 3.48. The zero-order valence-electron chi connectivity index (χ0n) is 20.2. The lowest BCUT2D eigenvalue weighted by Crippen LogP contribution is -2.58. The number of amides is 2. The number of piperidine rings is 1. The third-order valence-electron chi connectivity index (χ3n) is 7.89. The van der Waals surface area contributed by atoms with E-state index >= 15 is 0 Å². The number of hydrogen-bond donors (Lipinski definition) is 0. The second-order valence-corrected chi connectivity index (χ2v) is 9.66. The lowest BCUT2D eigenvalue weighted by Gasteiger charge is -2.46. The Bertz CT molecular complexity index is 861. The van der Waals surface area contributed by atoms with Gasteiger partial charge >= 0.3 is 5.97 Å². The Kier molecular flexibility index (Phi) is 7.88. The average molecular weight is 473 g/mol. The number of hydrogen-bond acceptors (Lipinski definition) is 6. The minimum atomic E-state index is -0.801. The quantitative estimate of drug-likeness (QED) is 0.427. The van der Waals surface area contributed by atoms with Gasteiger partial charge in [-0.1, -0.05) is 43.2 Å². The molecule has 8 nitrogen and oxygen atoms in total. The van der Waals surface area contributed by atoms with Crippen LogP contribution in [-0.2, 0) is 28.7 Å². The molecule has 2 saturated heterocycles. The van der Waals surface area contributed by atoms with Gasteiger partial charge in [-0.05, 0) is 37.2 Å². The molecule has 3 fully saturated rings. The fourth-order valence-electron chi connectivity index (χ4n) is 6.12. The predicted octanol–water partition coefficient (Wildman–Crippen LogP) is 2.92. The third kappa shape index (κ3) is 4.70. The van der Waals surface area contributed by atoms with Crippen molar-refractivity contribution in [1.29, 1.82) is 0 Å². The van der Waals surface area contributed by atoms with Crippen LogP contribution in [0.1, 0.15) is 56.4 Å². The van der Waals surface area contributed by atoms with Crippen molar-refractivity contribution in [1.82, 2.24) is 9.96 Å². The first-order valence-electron chi connectivity index (χ1n) is 12.4. The molecule has 8 heteroatoms. The zero-order valence-corrected chi connectivity index (χ0v) is 20.2. The minimum absolute atomic E-state index is 0.0579. The number of hydroxylamine groups is 2. The van der Waals surface area contributed by atoms with Gasteiger partial charge in [0.15, 0.2) is 0 Å². The van der Waals surface area contributed by atoms with Crippen molar-refractivity contribution in [3.8, 4) is 0 Å². The molecule has 0 radical (unpaired) electrons. The molecule has 2 atom stereocenters. The molecule has 3 aliphatic rings. The number of methoxy groups -OCH3 is 2. The Morgan fingerprint density at radius 1 is 1.06 bits per heavy atom. The maximum Gasteiger partial charge on any atom is 0.311 e. The molecular weight excluding hydrogens is 436 g/mol. The Hall–Kier alpha value is -2.45. The topological polar surface area (TPSA) is 85.4 Å². The summed E-state index contributed by atoms with van der Waals surface area (Å²) in [6.07, 6.45) is 5.49. The molecule has 0 N–H and O–H groups in total. The summed E-state index contributed by atoms with van der Waals surface area (Å²) in [6.45, 7) is 1.51. The number of carbonyl (C=O) groups is 3. The van der Waals surface area contributed by atoms with Gasteiger partial charge < -0.3 is 14.4 Å². The van der Waals surface area contributed by atoms with Crippen molar-refractivity contribution in [2.75, 3.05) is 40.5 Å². The third-order valence-corrected chi connectivity index (χ3v) is 7.89. The van der Waals surface area contributed by atoms with Gasteiger partial charge in [-0.3, -0.25) is 19.2 Å². The monoisotopic (exact) mass is 472 g/mol. The molecule has 0 bridgehead atoms. The molecule has 2 heterocycles. The van der Waals surface area contributed by atoms with E-state index in [1.54, 1.807) is 7.11 Å². The largest absolute Gasteiger partial charge is 0.469 e. The molecule has 0 unspecified atom stereocenters. The molecule has 2 aliphatic heterocycles. The van der Waals surface area contributed by atoms with Gasteiger partial charge in [-0.25, -0.2) is 5.06 Å². The molecule has 1 aliphatic carbocycles. The summed E-state index contributed by atoms with van der Waals surface area (Å²) in [5.74, 6) is -0.870. The smallest absolute Gasteiger partial charge is 0.311 e. The summed E-state index contributed by atoms with van der Waals surface area (Å²) in [6, 6.07) is 10.1. The van der Waals surface area contributed by atoms with E-state index in [0.29, 0.717) is 38.5 Å². The van der Waals surface area contributed by atoms with Crippen LogP contribution >= 0.6 is 0 Å². The fraction of sp³-hybridized carbons (Fsp3) is 0.654. The number of nitrogens with zero attached hydrogens (tertiary/aromatic N) is 2. The summed E-state index contributed by atoms with van der Waals surface area (Å²) in [5, 5.41) is 1.39. The van der Waals surface area contributed by atoms with Gasteiger partial charge in [0, 0.05) is 26.6 Å². The Balaban J connectivity index is 1.53. The number of rotatable bonds is 8. The molecule has 1 saturated carbocycles. The predicted molar refractivity (Wildman–Crippen MR) is 124 cm³/mol. The van der Waals surface area contributed by atoms with Crippen LogP contribution in [0.2, 0.25) is 0 Å². The van der Waals surface area contributed by atoms with Crippen LogP contribution in [0.3, 0.4) is 0 Å². The van der Waals surface area contributed by atoms with Crippen molar-refractivity contribution in [3.63, 3.8) is 0 Å². The maximum atomic E-state index is 13.8. The van der Waals surface area contributed by atoms with E-state index in [-0.39, 0.29) is 30.8 Å². The SMILES string of the molecule is COCCON1C(=O)C[C@H](C(=O)OC)C12CCN(C(=O)[C@@H](c1ccccc1)C1CCCC1)CC2. The van der Waals surface area contributed by atoms with Crippen LogP contribution in [0.15, 0.2) is 30.3 Å². The second-order valence-electron chi connectivity index (χ2n) is 9.66. The Morgan fingerprint density at radius 3 is 2.35 bits per heavy atom. The van der Waals surface area contributed by atoms with Crippen LogP contribution in [0.5, 0.6) is 0 Å². The van der Waals surface area contributed by atoms with Crippen molar-refractivity contribution in [3.05, 3.63) is 35.9 Å². The van der Waals surface area contributed by atoms with Crippen LogP contribution in [0.4, 0.5) is 0 Å². The van der Waals surface area contributed by atoms with E-state index in [9.17, 15) is 14.4 Å². The summed E-state index contributed by atoms with van der Waals surface area (Å²) in [7, 11) is 2.92. The molecule has 4 rings (SSSR count). The van der Waals surface area contributed by atoms with Crippen LogP contribution in [-0.4, -0.2) is 73.8 Å². The summed E-state index contributed by atoms with van der Waals surface area (Å²) in [5.41, 5.74) is 0.275. The van der Waals surface area contributed by atoms with E-state index in [1.807, 2.05) is 23.1 Å². The first-order valence-corrected chi connectivity index (χ1v) is 12.4. The van der Waals surface area contributed by atoms with E-state index in [0.717, 1.165) is 18.4 Å². The molecule has 34 heavy (non-hydrogen) atoms. The maximum absolute atomic E-state index is 13.8. The van der Waals surface area contributed by atoms with E-state index in [1.165, 1.54) is 25.0 Å². The molecular formula is C26H36N2O6. The van der Waals surface area contributed by atoms with Crippen LogP contribution in [0, 0.1) is 11.8 Å². The van der Waals surface area contributed by atoms with Crippen molar-refractivity contribution in [2.24, 2.45) is 11.8 Å². The van der Waals surface area contributed by atoms with Crippen LogP contribution < -0.4 is 0 Å². The fourth-order valence-corrected chi connectivity index (χ4v) is 6.12. The van der Waals surface area contributed by atoms with Crippen molar-refractivity contribution >= 4 is 17.8 Å². The molecule has 186 valence electrons. The van der Waals surface area contributed by atoms with Crippen molar-refractivity contribution < 1.29 is 28.7 Å². The summed E-state index contributed by atoms with van der Waals surface area (Å²) < 4.78 is 10.1. The molecule has 1 aromatic carbocycles. The van der Waals surface area contributed by atoms with Gasteiger partial charge in [-0.2, -0.15) is 0 Å². The highest BCUT2D eigenvalue weighted by Crippen LogP contribution is 2.45. The van der Waals surface area contributed by atoms with Crippen molar-refractivity contribution in [2.45, 2.75) is 56.4 Å².